The molecule has 78 valence electrons. The number of ether oxygens (including phenoxy) is 1. The Kier molecular flexibility index (Phi) is 6.15. The molecule has 0 bridgehead atoms. The van der Waals surface area contributed by atoms with Crippen LogP contribution in [0.25, 0.3) is 0 Å². The second kappa shape index (κ2) is 7.30. The second-order valence-corrected chi connectivity index (χ2v) is 3.60. The normalized spacial score (nSPS) is 19.2. The summed E-state index contributed by atoms with van der Waals surface area (Å²) in [5, 5.41) is 3.46. The fourth-order valence-corrected chi connectivity index (χ4v) is 1.50. The number of nitrogens with zero attached hydrogens (tertiary/aromatic N) is 1. The van der Waals surface area contributed by atoms with Gasteiger partial charge < -0.3 is 10.1 Å². The van der Waals surface area contributed by atoms with Crippen LogP contribution in [0, 0.1) is 0 Å². The van der Waals surface area contributed by atoms with Crippen molar-refractivity contribution in [2.75, 3.05) is 39.5 Å². The third-order valence-electron chi connectivity index (χ3n) is 2.40. The minimum Gasteiger partial charge on any atom is -0.379 e. The van der Waals surface area contributed by atoms with Crippen LogP contribution in [0.15, 0.2) is 0 Å². The van der Waals surface area contributed by atoms with Gasteiger partial charge in [-0.25, -0.2) is 0 Å². The average molecular weight is 186 g/mol. The summed E-state index contributed by atoms with van der Waals surface area (Å²) in [6.45, 7) is 8.40. The van der Waals surface area contributed by atoms with E-state index in [-0.39, 0.29) is 0 Å². The maximum atomic E-state index is 5.28. The van der Waals surface area contributed by atoms with E-state index in [1.54, 1.807) is 0 Å². The molecule has 0 unspecified atom stereocenters. The van der Waals surface area contributed by atoms with Gasteiger partial charge in [0.1, 0.15) is 0 Å². The first-order valence-corrected chi connectivity index (χ1v) is 5.44. The van der Waals surface area contributed by atoms with Crippen molar-refractivity contribution in [3.8, 4) is 0 Å². The summed E-state index contributed by atoms with van der Waals surface area (Å²) in [5.41, 5.74) is 0. The highest BCUT2D eigenvalue weighted by atomic mass is 16.5. The molecular formula is C10H22N2O. The van der Waals surface area contributed by atoms with E-state index in [9.17, 15) is 0 Å². The molecule has 0 amide bonds. The summed E-state index contributed by atoms with van der Waals surface area (Å²) in [5.74, 6) is 0. The number of hydrogen-bond acceptors (Lipinski definition) is 3. The van der Waals surface area contributed by atoms with Gasteiger partial charge in [-0.05, 0) is 13.0 Å². The van der Waals surface area contributed by atoms with Gasteiger partial charge in [-0.3, -0.25) is 4.90 Å². The first-order chi connectivity index (χ1) is 6.43. The Morgan fingerprint density at radius 2 is 2.00 bits per heavy atom. The molecule has 1 N–H and O–H groups in total. The van der Waals surface area contributed by atoms with Crippen molar-refractivity contribution in [1.29, 1.82) is 0 Å². The van der Waals surface area contributed by atoms with Crippen molar-refractivity contribution in [3.63, 3.8) is 0 Å². The van der Waals surface area contributed by atoms with Gasteiger partial charge in [0.2, 0.25) is 0 Å². The lowest BCUT2D eigenvalue weighted by Crippen LogP contribution is -2.42. The van der Waals surface area contributed by atoms with E-state index in [4.69, 9.17) is 4.74 Å². The van der Waals surface area contributed by atoms with Crippen LogP contribution < -0.4 is 5.32 Å². The summed E-state index contributed by atoms with van der Waals surface area (Å²) >= 11 is 0. The number of morpholine rings is 1. The molecule has 0 aliphatic carbocycles. The zero-order valence-electron chi connectivity index (χ0n) is 8.72. The van der Waals surface area contributed by atoms with Crippen LogP contribution in [0.1, 0.15) is 26.2 Å². The van der Waals surface area contributed by atoms with Crippen LogP contribution in [0.2, 0.25) is 0 Å². The van der Waals surface area contributed by atoms with Gasteiger partial charge in [0.05, 0.1) is 13.2 Å². The molecule has 3 heteroatoms. The van der Waals surface area contributed by atoms with Crippen molar-refractivity contribution < 1.29 is 4.74 Å². The third kappa shape index (κ3) is 5.24. The summed E-state index contributed by atoms with van der Waals surface area (Å²) < 4.78 is 5.28. The van der Waals surface area contributed by atoms with Gasteiger partial charge >= 0.3 is 0 Å². The number of nitrogens with one attached hydrogen (secondary N) is 1. The molecule has 0 aromatic heterocycles. The fourth-order valence-electron chi connectivity index (χ4n) is 1.50. The van der Waals surface area contributed by atoms with E-state index in [0.717, 1.165) is 39.5 Å². The number of hydrogen-bond donors (Lipinski definition) is 1. The van der Waals surface area contributed by atoms with Crippen molar-refractivity contribution >= 4 is 0 Å². The van der Waals surface area contributed by atoms with Gasteiger partial charge in [0.15, 0.2) is 0 Å². The van der Waals surface area contributed by atoms with Crippen molar-refractivity contribution in [2.45, 2.75) is 26.2 Å². The Bertz CT molecular complexity index is 113. The average Bonchev–Trinajstić information content (AvgIpc) is 2.19. The highest BCUT2D eigenvalue weighted by Gasteiger charge is 2.08. The van der Waals surface area contributed by atoms with Crippen molar-refractivity contribution in [2.24, 2.45) is 0 Å². The van der Waals surface area contributed by atoms with Crippen molar-refractivity contribution in [1.82, 2.24) is 10.2 Å². The summed E-state index contributed by atoms with van der Waals surface area (Å²) in [6.07, 6.45) is 3.95. The fraction of sp³-hybridized carbons (Fsp3) is 1.00. The predicted molar refractivity (Wildman–Crippen MR) is 54.8 cm³/mol. The molecule has 1 saturated heterocycles. The van der Waals surface area contributed by atoms with E-state index in [2.05, 4.69) is 17.1 Å². The quantitative estimate of drug-likeness (QED) is 0.628. The van der Waals surface area contributed by atoms with Crippen LogP contribution in [-0.4, -0.2) is 44.4 Å². The van der Waals surface area contributed by atoms with Gasteiger partial charge in [0, 0.05) is 19.8 Å². The second-order valence-electron chi connectivity index (χ2n) is 3.60. The molecule has 1 aliphatic rings. The molecule has 1 aliphatic heterocycles. The SMILES string of the molecule is CCCCCNCN1CCOCC1. The van der Waals surface area contributed by atoms with E-state index in [0.29, 0.717) is 0 Å². The Morgan fingerprint density at radius 3 is 2.69 bits per heavy atom. The summed E-state index contributed by atoms with van der Waals surface area (Å²) in [6, 6.07) is 0. The van der Waals surface area contributed by atoms with Crippen LogP contribution in [0.4, 0.5) is 0 Å². The molecule has 0 radical (unpaired) electrons. The third-order valence-corrected chi connectivity index (χ3v) is 2.40. The van der Waals surface area contributed by atoms with Gasteiger partial charge in [0.25, 0.3) is 0 Å². The van der Waals surface area contributed by atoms with Gasteiger partial charge in [-0.2, -0.15) is 0 Å². The minimum absolute atomic E-state index is 0.899. The first-order valence-electron chi connectivity index (χ1n) is 5.44. The molecule has 0 aromatic carbocycles. The molecular weight excluding hydrogens is 164 g/mol. The Hall–Kier alpha value is -0.120. The highest BCUT2D eigenvalue weighted by molar-refractivity contribution is 4.60. The van der Waals surface area contributed by atoms with Crippen LogP contribution in [0.3, 0.4) is 0 Å². The molecule has 1 fully saturated rings. The zero-order valence-corrected chi connectivity index (χ0v) is 8.72. The number of unbranched alkanes of at least 4 members (excludes halogenated alkanes) is 2. The Balaban J connectivity index is 1.86. The van der Waals surface area contributed by atoms with Crippen LogP contribution >= 0.6 is 0 Å². The lowest BCUT2D eigenvalue weighted by molar-refractivity contribution is 0.0342. The summed E-state index contributed by atoms with van der Waals surface area (Å²) in [4.78, 5) is 2.41. The van der Waals surface area contributed by atoms with E-state index in [1.165, 1.54) is 19.3 Å². The zero-order chi connectivity index (χ0) is 9.36. The maximum absolute atomic E-state index is 5.28. The molecule has 3 nitrogen and oxygen atoms in total. The molecule has 13 heavy (non-hydrogen) atoms. The molecule has 0 spiro atoms. The first kappa shape index (κ1) is 11.0. The van der Waals surface area contributed by atoms with Gasteiger partial charge in [-0.1, -0.05) is 19.8 Å². The standard InChI is InChI=1S/C10H22N2O/c1-2-3-4-5-11-10-12-6-8-13-9-7-12/h11H,2-10H2,1H3. The lowest BCUT2D eigenvalue weighted by Gasteiger charge is -2.26. The lowest BCUT2D eigenvalue weighted by atomic mass is 10.2. The highest BCUT2D eigenvalue weighted by Crippen LogP contribution is 1.95. The van der Waals surface area contributed by atoms with Gasteiger partial charge in [-0.15, -0.1) is 0 Å². The molecule has 1 rings (SSSR count). The van der Waals surface area contributed by atoms with Crippen LogP contribution in [-0.2, 0) is 4.74 Å². The van der Waals surface area contributed by atoms with Crippen LogP contribution in [0.5, 0.6) is 0 Å². The topological polar surface area (TPSA) is 24.5 Å². The molecule has 0 saturated carbocycles. The largest absolute Gasteiger partial charge is 0.379 e. The maximum Gasteiger partial charge on any atom is 0.0594 e. The monoisotopic (exact) mass is 186 g/mol. The molecule has 1 heterocycles. The smallest absolute Gasteiger partial charge is 0.0594 e. The minimum atomic E-state index is 0.899. The predicted octanol–water partition coefficient (Wildman–Crippen LogP) is 1.06. The summed E-state index contributed by atoms with van der Waals surface area (Å²) in [7, 11) is 0. The van der Waals surface area contributed by atoms with E-state index in [1.807, 2.05) is 0 Å². The number of rotatable bonds is 6. The molecule has 0 aromatic rings. The van der Waals surface area contributed by atoms with E-state index >= 15 is 0 Å². The Labute approximate surface area is 81.4 Å². The van der Waals surface area contributed by atoms with E-state index < -0.39 is 0 Å². The Morgan fingerprint density at radius 1 is 1.23 bits per heavy atom. The molecule has 0 atom stereocenters. The van der Waals surface area contributed by atoms with Crippen molar-refractivity contribution in [3.05, 3.63) is 0 Å².